The molecule has 0 aliphatic heterocycles. The number of rotatable bonds is 6. The summed E-state index contributed by atoms with van der Waals surface area (Å²) >= 11 is 0. The van der Waals surface area contributed by atoms with Crippen LogP contribution >= 0.6 is 0 Å². The molecule has 1 N–H and O–H groups in total. The Morgan fingerprint density at radius 3 is 2.19 bits per heavy atom. The molecule has 1 aromatic carbocycles. The van der Waals surface area contributed by atoms with Crippen LogP contribution in [0.5, 0.6) is 5.75 Å². The number of carboxylic acid groups (broad SMARTS) is 1. The van der Waals surface area contributed by atoms with Crippen molar-refractivity contribution < 1.29 is 14.6 Å². The van der Waals surface area contributed by atoms with E-state index in [1.54, 1.807) is 6.92 Å². The summed E-state index contributed by atoms with van der Waals surface area (Å²) in [7, 11) is 0. The van der Waals surface area contributed by atoms with Crippen LogP contribution in [0.1, 0.15) is 46.6 Å². The average Bonchev–Trinajstić information content (AvgIpc) is 2.40. The quantitative estimate of drug-likeness (QED) is 0.808. The van der Waals surface area contributed by atoms with Gasteiger partial charge in [-0.05, 0) is 44.4 Å². The minimum absolute atomic E-state index is 0.0623. The summed E-state index contributed by atoms with van der Waals surface area (Å²) < 4.78 is 5.61. The van der Waals surface area contributed by atoms with E-state index in [4.69, 9.17) is 4.74 Å². The summed E-state index contributed by atoms with van der Waals surface area (Å²) in [5.74, 6) is 5.59. The van der Waals surface area contributed by atoms with Gasteiger partial charge in [-0.25, -0.2) is 0 Å². The number of aliphatic carboxylic acids is 1. The number of hydrogen-bond donors (Lipinski definition) is 1. The van der Waals surface area contributed by atoms with Gasteiger partial charge in [-0.15, -0.1) is 11.8 Å². The van der Waals surface area contributed by atoms with E-state index in [9.17, 15) is 9.90 Å². The van der Waals surface area contributed by atoms with Gasteiger partial charge in [0.05, 0.1) is 6.10 Å². The van der Waals surface area contributed by atoms with Crippen LogP contribution < -0.4 is 4.74 Å². The number of carbonyl (C=O) groups is 1. The van der Waals surface area contributed by atoms with Gasteiger partial charge in [-0.2, -0.15) is 0 Å². The molecular formula is C18H24O3. The molecular weight excluding hydrogens is 264 g/mol. The highest BCUT2D eigenvalue weighted by molar-refractivity contribution is 5.82. The van der Waals surface area contributed by atoms with Crippen LogP contribution in [0.3, 0.4) is 0 Å². The molecule has 0 aliphatic carbocycles. The Labute approximate surface area is 127 Å². The maximum atomic E-state index is 11.9. The summed E-state index contributed by atoms with van der Waals surface area (Å²) in [5.41, 5.74) is -0.219. The first-order chi connectivity index (χ1) is 9.84. The van der Waals surface area contributed by atoms with Crippen molar-refractivity contribution in [2.45, 2.75) is 52.6 Å². The standard InChI is InChI=1S/C18H24O3/c1-6-7-12-18(13(2)3,17(19)20)15-8-10-16(11-9-15)21-14(4)5/h8-11,13-14H,12H2,1-5H3,(H,19,20). The van der Waals surface area contributed by atoms with E-state index in [2.05, 4.69) is 11.8 Å². The third-order valence-corrected chi connectivity index (χ3v) is 3.65. The second kappa shape index (κ2) is 7.17. The van der Waals surface area contributed by atoms with Gasteiger partial charge in [-0.1, -0.05) is 26.0 Å². The lowest BCUT2D eigenvalue weighted by Crippen LogP contribution is -2.40. The van der Waals surface area contributed by atoms with Gasteiger partial charge in [0, 0.05) is 6.42 Å². The minimum atomic E-state index is -0.987. The van der Waals surface area contributed by atoms with Crippen LogP contribution in [0, 0.1) is 17.8 Å². The lowest BCUT2D eigenvalue weighted by atomic mass is 9.69. The van der Waals surface area contributed by atoms with Crippen molar-refractivity contribution in [1.82, 2.24) is 0 Å². The normalized spacial score (nSPS) is 13.5. The lowest BCUT2D eigenvalue weighted by molar-refractivity contribution is -0.145. The molecule has 1 atom stereocenters. The number of hydrogen-bond acceptors (Lipinski definition) is 2. The molecule has 3 nitrogen and oxygen atoms in total. The monoisotopic (exact) mass is 288 g/mol. The third kappa shape index (κ3) is 3.78. The highest BCUT2D eigenvalue weighted by Gasteiger charge is 2.42. The van der Waals surface area contributed by atoms with Gasteiger partial charge in [-0.3, -0.25) is 4.79 Å². The second-order valence-electron chi connectivity index (χ2n) is 5.73. The van der Waals surface area contributed by atoms with Gasteiger partial charge in [0.2, 0.25) is 0 Å². The first kappa shape index (κ1) is 17.1. The van der Waals surface area contributed by atoms with Crippen molar-refractivity contribution in [3.63, 3.8) is 0 Å². The summed E-state index contributed by atoms with van der Waals surface area (Å²) in [6.45, 7) is 9.49. The molecule has 0 saturated heterocycles. The summed E-state index contributed by atoms with van der Waals surface area (Å²) in [6, 6.07) is 7.33. The van der Waals surface area contributed by atoms with Crippen LogP contribution in [-0.2, 0) is 10.2 Å². The van der Waals surface area contributed by atoms with Crippen LogP contribution in [-0.4, -0.2) is 17.2 Å². The Kier molecular flexibility index (Phi) is 5.84. The summed E-state index contributed by atoms with van der Waals surface area (Å²) in [5, 5.41) is 9.79. The van der Waals surface area contributed by atoms with E-state index in [0.29, 0.717) is 6.42 Å². The fraction of sp³-hybridized carbons (Fsp3) is 0.500. The van der Waals surface area contributed by atoms with Crippen molar-refractivity contribution >= 4 is 5.97 Å². The number of benzene rings is 1. The molecule has 1 unspecified atom stereocenters. The van der Waals surface area contributed by atoms with E-state index in [1.807, 2.05) is 52.0 Å². The molecule has 0 saturated carbocycles. The lowest BCUT2D eigenvalue weighted by Gasteiger charge is -2.32. The fourth-order valence-corrected chi connectivity index (χ4v) is 2.42. The Bertz CT molecular complexity index is 532. The van der Waals surface area contributed by atoms with Gasteiger partial charge in [0.1, 0.15) is 11.2 Å². The smallest absolute Gasteiger partial charge is 0.315 e. The molecule has 21 heavy (non-hydrogen) atoms. The fourth-order valence-electron chi connectivity index (χ4n) is 2.42. The van der Waals surface area contributed by atoms with E-state index in [-0.39, 0.29) is 12.0 Å². The van der Waals surface area contributed by atoms with Crippen molar-refractivity contribution in [2.75, 3.05) is 0 Å². The molecule has 0 aliphatic rings. The van der Waals surface area contributed by atoms with Crippen molar-refractivity contribution in [3.05, 3.63) is 29.8 Å². The Hall–Kier alpha value is -1.95. The van der Waals surface area contributed by atoms with Crippen LogP contribution in [0.25, 0.3) is 0 Å². The van der Waals surface area contributed by atoms with Crippen molar-refractivity contribution in [3.8, 4) is 17.6 Å². The van der Waals surface area contributed by atoms with E-state index in [0.717, 1.165) is 11.3 Å². The Morgan fingerprint density at radius 1 is 1.24 bits per heavy atom. The molecule has 0 heterocycles. The maximum absolute atomic E-state index is 11.9. The van der Waals surface area contributed by atoms with Crippen LogP contribution in [0.2, 0.25) is 0 Å². The summed E-state index contributed by atoms with van der Waals surface area (Å²) in [6.07, 6.45) is 0.400. The molecule has 0 bridgehead atoms. The van der Waals surface area contributed by atoms with Gasteiger partial charge in [0.25, 0.3) is 0 Å². The molecule has 1 rings (SSSR count). The largest absolute Gasteiger partial charge is 0.491 e. The zero-order chi connectivity index (χ0) is 16.0. The van der Waals surface area contributed by atoms with E-state index >= 15 is 0 Å². The van der Waals surface area contributed by atoms with Crippen LogP contribution in [0.15, 0.2) is 24.3 Å². The molecule has 1 aromatic rings. The average molecular weight is 288 g/mol. The molecule has 0 fully saturated rings. The predicted molar refractivity (Wildman–Crippen MR) is 84.4 cm³/mol. The van der Waals surface area contributed by atoms with Gasteiger partial charge >= 0.3 is 5.97 Å². The molecule has 0 spiro atoms. The molecule has 0 aromatic heterocycles. The first-order valence-corrected chi connectivity index (χ1v) is 7.24. The van der Waals surface area contributed by atoms with Crippen LogP contribution in [0.4, 0.5) is 0 Å². The molecule has 0 amide bonds. The second-order valence-corrected chi connectivity index (χ2v) is 5.73. The molecule has 0 radical (unpaired) electrons. The third-order valence-electron chi connectivity index (χ3n) is 3.65. The minimum Gasteiger partial charge on any atom is -0.491 e. The van der Waals surface area contributed by atoms with Crippen molar-refractivity contribution in [2.24, 2.45) is 5.92 Å². The van der Waals surface area contributed by atoms with Crippen molar-refractivity contribution in [1.29, 1.82) is 0 Å². The highest BCUT2D eigenvalue weighted by Crippen LogP contribution is 2.37. The van der Waals surface area contributed by atoms with Gasteiger partial charge < -0.3 is 9.84 Å². The van der Waals surface area contributed by atoms with E-state index in [1.165, 1.54) is 0 Å². The molecule has 114 valence electrons. The Morgan fingerprint density at radius 2 is 1.81 bits per heavy atom. The highest BCUT2D eigenvalue weighted by atomic mass is 16.5. The first-order valence-electron chi connectivity index (χ1n) is 7.24. The Balaban J connectivity index is 3.24. The SMILES string of the molecule is CC#CCC(C(=O)O)(c1ccc(OC(C)C)cc1)C(C)C. The maximum Gasteiger partial charge on any atom is 0.315 e. The zero-order valence-electron chi connectivity index (χ0n) is 13.4. The zero-order valence-corrected chi connectivity index (χ0v) is 13.4. The number of carboxylic acids is 1. The predicted octanol–water partition coefficient (Wildman–Crippen LogP) is 3.87. The van der Waals surface area contributed by atoms with E-state index < -0.39 is 11.4 Å². The van der Waals surface area contributed by atoms with Gasteiger partial charge in [0.15, 0.2) is 0 Å². The topological polar surface area (TPSA) is 46.5 Å². The summed E-state index contributed by atoms with van der Waals surface area (Å²) in [4.78, 5) is 11.9. The molecule has 3 heteroatoms. The number of ether oxygens (including phenoxy) is 1.